The summed E-state index contributed by atoms with van der Waals surface area (Å²) in [4.78, 5) is 14.6. The number of unbranched alkanes of at least 4 members (excludes halogenated alkanes) is 1. The second-order valence-electron chi connectivity index (χ2n) is 8.69. The van der Waals surface area contributed by atoms with Gasteiger partial charge in [0.2, 0.25) is 5.91 Å². The Labute approximate surface area is 198 Å². The lowest BCUT2D eigenvalue weighted by molar-refractivity contribution is -0.138. The maximum Gasteiger partial charge on any atom is 0.416 e. The van der Waals surface area contributed by atoms with E-state index in [2.05, 4.69) is 10.2 Å². The van der Waals surface area contributed by atoms with Gasteiger partial charge in [-0.1, -0.05) is 31.0 Å². The first-order chi connectivity index (χ1) is 15.4. The molecule has 2 saturated heterocycles. The standard InChI is InChI=1S/C24H35F3N2OS2/c25-24(26,27)21-11-4-3-10-20(21)23-31-18-13-19(32-23)9-2-5-12-22(30)28-14-8-17-29-15-6-1-7-16-29/h3-4,10-11,19,23H,1-2,5-9,12-18H2,(H,28,30). The van der Waals surface area contributed by atoms with Gasteiger partial charge in [-0.25, -0.2) is 0 Å². The third kappa shape index (κ3) is 8.49. The SMILES string of the molecule is O=C(CCCCC1CCSC(c2ccccc2C(F)(F)F)S1)NCCCN1CCCCC1. The summed E-state index contributed by atoms with van der Waals surface area (Å²) in [6.45, 7) is 4.18. The highest BCUT2D eigenvalue weighted by molar-refractivity contribution is 8.17. The van der Waals surface area contributed by atoms with E-state index in [1.807, 2.05) is 0 Å². The summed E-state index contributed by atoms with van der Waals surface area (Å²) in [6, 6.07) is 5.96. The van der Waals surface area contributed by atoms with E-state index in [1.165, 1.54) is 44.5 Å². The van der Waals surface area contributed by atoms with Crippen molar-refractivity contribution in [2.24, 2.45) is 0 Å². The molecule has 180 valence electrons. The van der Waals surface area contributed by atoms with Gasteiger partial charge < -0.3 is 10.2 Å². The molecule has 2 aliphatic rings. The predicted octanol–water partition coefficient (Wildman–Crippen LogP) is 6.50. The van der Waals surface area contributed by atoms with Gasteiger partial charge in [0, 0.05) is 18.2 Å². The molecule has 3 rings (SSSR count). The first-order valence-corrected chi connectivity index (χ1v) is 13.8. The maximum atomic E-state index is 13.4. The zero-order valence-corrected chi connectivity index (χ0v) is 20.3. The molecule has 0 saturated carbocycles. The van der Waals surface area contributed by atoms with E-state index >= 15 is 0 Å². The topological polar surface area (TPSA) is 32.3 Å². The normalized spacial score (nSPS) is 22.6. The molecular weight excluding hydrogens is 453 g/mol. The van der Waals surface area contributed by atoms with Crippen molar-refractivity contribution in [3.05, 3.63) is 35.4 Å². The van der Waals surface area contributed by atoms with Crippen LogP contribution in [-0.4, -0.2) is 48.0 Å². The number of alkyl halides is 3. The zero-order chi connectivity index (χ0) is 22.8. The number of carbonyl (C=O) groups excluding carboxylic acids is 1. The Hall–Kier alpha value is -0.860. The number of hydrogen-bond donors (Lipinski definition) is 1. The van der Waals surface area contributed by atoms with Crippen LogP contribution in [0.4, 0.5) is 13.2 Å². The third-order valence-electron chi connectivity index (χ3n) is 6.15. The molecule has 2 aliphatic heterocycles. The van der Waals surface area contributed by atoms with E-state index in [1.54, 1.807) is 35.7 Å². The van der Waals surface area contributed by atoms with E-state index in [-0.39, 0.29) is 10.5 Å². The fraction of sp³-hybridized carbons (Fsp3) is 0.708. The van der Waals surface area contributed by atoms with Gasteiger partial charge in [0.15, 0.2) is 0 Å². The van der Waals surface area contributed by atoms with Crippen molar-refractivity contribution in [2.75, 3.05) is 31.9 Å². The van der Waals surface area contributed by atoms with E-state index < -0.39 is 11.7 Å². The zero-order valence-electron chi connectivity index (χ0n) is 18.7. The van der Waals surface area contributed by atoms with Crippen LogP contribution in [0.3, 0.4) is 0 Å². The van der Waals surface area contributed by atoms with Crippen LogP contribution in [0.1, 0.15) is 73.5 Å². The second kappa shape index (κ2) is 13.1. The first-order valence-electron chi connectivity index (χ1n) is 11.9. The molecule has 0 bridgehead atoms. The Balaban J connectivity index is 1.31. The van der Waals surface area contributed by atoms with Crippen molar-refractivity contribution in [3.8, 4) is 0 Å². The minimum Gasteiger partial charge on any atom is -0.356 e. The average Bonchev–Trinajstić information content (AvgIpc) is 2.80. The summed E-state index contributed by atoms with van der Waals surface area (Å²) in [5.74, 6) is 0.999. The van der Waals surface area contributed by atoms with E-state index in [0.717, 1.165) is 50.9 Å². The molecular formula is C24H35F3N2OS2. The Morgan fingerprint density at radius 1 is 1.09 bits per heavy atom. The maximum absolute atomic E-state index is 13.4. The quantitative estimate of drug-likeness (QED) is 0.381. The lowest BCUT2D eigenvalue weighted by Crippen LogP contribution is -2.33. The molecule has 3 nitrogen and oxygen atoms in total. The number of halogens is 3. The Kier molecular flexibility index (Phi) is 10.6. The fourth-order valence-electron chi connectivity index (χ4n) is 4.38. The Morgan fingerprint density at radius 3 is 2.66 bits per heavy atom. The number of amides is 1. The number of rotatable bonds is 10. The van der Waals surface area contributed by atoms with E-state index in [4.69, 9.17) is 0 Å². The molecule has 32 heavy (non-hydrogen) atoms. The molecule has 1 aromatic carbocycles. The smallest absolute Gasteiger partial charge is 0.356 e. The number of likely N-dealkylation sites (tertiary alicyclic amines) is 1. The van der Waals surface area contributed by atoms with Crippen LogP contribution < -0.4 is 5.32 Å². The van der Waals surface area contributed by atoms with Crippen molar-refractivity contribution in [1.29, 1.82) is 0 Å². The summed E-state index contributed by atoms with van der Waals surface area (Å²) in [5, 5.41) is 3.39. The van der Waals surface area contributed by atoms with Gasteiger partial charge in [-0.3, -0.25) is 4.79 Å². The highest BCUT2D eigenvalue weighted by atomic mass is 32.2. The molecule has 2 heterocycles. The van der Waals surface area contributed by atoms with Gasteiger partial charge in [-0.2, -0.15) is 13.2 Å². The van der Waals surface area contributed by atoms with Crippen molar-refractivity contribution in [1.82, 2.24) is 10.2 Å². The molecule has 0 spiro atoms. The predicted molar refractivity (Wildman–Crippen MR) is 129 cm³/mol. The Morgan fingerprint density at radius 2 is 1.88 bits per heavy atom. The summed E-state index contributed by atoms with van der Waals surface area (Å²) < 4.78 is 39.9. The van der Waals surface area contributed by atoms with Gasteiger partial charge in [0.05, 0.1) is 10.1 Å². The molecule has 1 amide bonds. The molecule has 8 heteroatoms. The molecule has 1 N–H and O–H groups in total. The lowest BCUT2D eigenvalue weighted by Gasteiger charge is -2.30. The molecule has 2 unspecified atom stereocenters. The van der Waals surface area contributed by atoms with Crippen LogP contribution in [0.2, 0.25) is 0 Å². The number of thioether (sulfide) groups is 2. The number of hydrogen-bond acceptors (Lipinski definition) is 4. The van der Waals surface area contributed by atoms with Gasteiger partial charge >= 0.3 is 6.18 Å². The molecule has 2 atom stereocenters. The summed E-state index contributed by atoms with van der Waals surface area (Å²) >= 11 is 3.27. The van der Waals surface area contributed by atoms with Crippen LogP contribution in [0.5, 0.6) is 0 Å². The number of nitrogens with one attached hydrogen (secondary N) is 1. The van der Waals surface area contributed by atoms with Crippen LogP contribution in [0.25, 0.3) is 0 Å². The minimum atomic E-state index is -4.31. The molecule has 1 aromatic rings. The van der Waals surface area contributed by atoms with Gasteiger partial charge in [0.25, 0.3) is 0 Å². The van der Waals surface area contributed by atoms with Crippen LogP contribution in [0, 0.1) is 0 Å². The highest BCUT2D eigenvalue weighted by Gasteiger charge is 2.36. The number of nitrogens with zero attached hydrogens (tertiary/aromatic N) is 1. The van der Waals surface area contributed by atoms with Crippen molar-refractivity contribution < 1.29 is 18.0 Å². The first kappa shape index (κ1) is 25.8. The van der Waals surface area contributed by atoms with Crippen molar-refractivity contribution in [2.45, 2.75) is 73.8 Å². The highest BCUT2D eigenvalue weighted by Crippen LogP contribution is 2.51. The van der Waals surface area contributed by atoms with Crippen LogP contribution in [-0.2, 0) is 11.0 Å². The molecule has 0 aromatic heterocycles. The average molecular weight is 489 g/mol. The second-order valence-corrected chi connectivity index (χ2v) is 11.6. The third-order valence-corrected chi connectivity index (χ3v) is 9.27. The van der Waals surface area contributed by atoms with E-state index in [0.29, 0.717) is 17.2 Å². The van der Waals surface area contributed by atoms with Crippen molar-refractivity contribution in [3.63, 3.8) is 0 Å². The van der Waals surface area contributed by atoms with E-state index in [9.17, 15) is 18.0 Å². The van der Waals surface area contributed by atoms with Crippen molar-refractivity contribution >= 4 is 29.4 Å². The summed E-state index contributed by atoms with van der Waals surface area (Å²) in [5.41, 5.74) is -0.119. The minimum absolute atomic E-state index is 0.118. The van der Waals surface area contributed by atoms with Crippen LogP contribution >= 0.6 is 23.5 Å². The lowest BCUT2D eigenvalue weighted by atomic mass is 10.1. The van der Waals surface area contributed by atoms with Gasteiger partial charge in [-0.05, 0) is 75.5 Å². The summed E-state index contributed by atoms with van der Waals surface area (Å²) in [7, 11) is 0. The van der Waals surface area contributed by atoms with Crippen LogP contribution in [0.15, 0.2) is 24.3 Å². The largest absolute Gasteiger partial charge is 0.416 e. The summed E-state index contributed by atoms with van der Waals surface area (Å²) in [6.07, 6.45) is 4.90. The Bertz CT molecular complexity index is 711. The molecule has 2 fully saturated rings. The van der Waals surface area contributed by atoms with Gasteiger partial charge in [0.1, 0.15) is 0 Å². The van der Waals surface area contributed by atoms with Gasteiger partial charge in [-0.15, -0.1) is 23.5 Å². The fourth-order valence-corrected chi connectivity index (χ4v) is 7.89. The molecule has 0 aliphatic carbocycles. The number of piperidine rings is 1. The number of carbonyl (C=O) groups is 1. The number of benzene rings is 1. The monoisotopic (exact) mass is 488 g/mol. The molecule has 0 radical (unpaired) electrons.